The quantitative estimate of drug-likeness (QED) is 0.185. The van der Waals surface area contributed by atoms with E-state index in [1.165, 1.54) is 48.0 Å². The first kappa shape index (κ1) is 28.6. The van der Waals surface area contributed by atoms with Gasteiger partial charge in [0.15, 0.2) is 5.58 Å². The van der Waals surface area contributed by atoms with E-state index >= 15 is 0 Å². The van der Waals surface area contributed by atoms with Crippen LogP contribution in [0, 0.1) is 0 Å². The molecular formula is C46H28N2OS. The smallest absolute Gasteiger partial charge is 0.180 e. The van der Waals surface area contributed by atoms with E-state index in [2.05, 4.69) is 158 Å². The SMILES string of the molecule is c1ccc(-c2ccc(-c3cccc(-c4ccc5oc6c(-c7cccc(-c8cccc9c8sc8ccccc89)c7)ncnc6c5c4)c3)cc2)cc1. The molecule has 4 heteroatoms. The molecule has 0 unspecified atom stereocenters. The van der Waals surface area contributed by atoms with Gasteiger partial charge in [0.2, 0.25) is 0 Å². The third-order valence-corrected chi connectivity index (χ3v) is 10.8. The summed E-state index contributed by atoms with van der Waals surface area (Å²) in [6, 6.07) is 58.2. The third kappa shape index (κ3) is 4.80. The maximum atomic E-state index is 6.50. The van der Waals surface area contributed by atoms with E-state index in [-0.39, 0.29) is 0 Å². The van der Waals surface area contributed by atoms with E-state index in [4.69, 9.17) is 14.4 Å². The van der Waals surface area contributed by atoms with Crippen LogP contribution >= 0.6 is 11.3 Å². The summed E-state index contributed by atoms with van der Waals surface area (Å²) in [7, 11) is 0. The first-order valence-electron chi connectivity index (χ1n) is 16.7. The second-order valence-electron chi connectivity index (χ2n) is 12.6. The Labute approximate surface area is 292 Å². The summed E-state index contributed by atoms with van der Waals surface area (Å²) in [5.74, 6) is 0. The topological polar surface area (TPSA) is 38.9 Å². The summed E-state index contributed by atoms with van der Waals surface area (Å²) in [6.45, 7) is 0. The maximum absolute atomic E-state index is 6.50. The summed E-state index contributed by atoms with van der Waals surface area (Å²) in [4.78, 5) is 9.48. The lowest BCUT2D eigenvalue weighted by Crippen LogP contribution is -1.88. The van der Waals surface area contributed by atoms with Crippen LogP contribution in [0.1, 0.15) is 0 Å². The van der Waals surface area contributed by atoms with Crippen LogP contribution in [0.3, 0.4) is 0 Å². The average molecular weight is 657 g/mol. The molecule has 0 spiro atoms. The number of fused-ring (bicyclic) bond motifs is 6. The lowest BCUT2D eigenvalue weighted by molar-refractivity contribution is 0.667. The Hall–Kier alpha value is -6.36. The number of hydrogen-bond donors (Lipinski definition) is 0. The Morgan fingerprint density at radius 1 is 0.420 bits per heavy atom. The summed E-state index contributed by atoms with van der Waals surface area (Å²) in [6.07, 6.45) is 1.65. The monoisotopic (exact) mass is 656 g/mol. The van der Waals surface area contributed by atoms with Crippen LogP contribution < -0.4 is 0 Å². The van der Waals surface area contributed by atoms with Crippen molar-refractivity contribution in [3.63, 3.8) is 0 Å². The summed E-state index contributed by atoms with van der Waals surface area (Å²) in [5, 5.41) is 3.57. The van der Waals surface area contributed by atoms with Gasteiger partial charge in [-0.3, -0.25) is 0 Å². The van der Waals surface area contributed by atoms with Crippen molar-refractivity contribution in [3.05, 3.63) is 170 Å². The van der Waals surface area contributed by atoms with Gasteiger partial charge in [0.1, 0.15) is 23.1 Å². The molecule has 3 heterocycles. The van der Waals surface area contributed by atoms with Crippen molar-refractivity contribution >= 4 is 53.6 Å². The lowest BCUT2D eigenvalue weighted by Gasteiger charge is -2.08. The molecule has 3 aromatic heterocycles. The Kier molecular flexibility index (Phi) is 6.68. The second-order valence-corrected chi connectivity index (χ2v) is 13.7. The molecule has 0 aliphatic heterocycles. The highest BCUT2D eigenvalue weighted by molar-refractivity contribution is 7.26. The maximum Gasteiger partial charge on any atom is 0.180 e. The zero-order chi connectivity index (χ0) is 33.0. The van der Waals surface area contributed by atoms with Gasteiger partial charge in [0.05, 0.1) is 0 Å². The molecule has 0 atom stereocenters. The first-order valence-corrected chi connectivity index (χ1v) is 17.5. The van der Waals surface area contributed by atoms with Crippen LogP contribution in [0.4, 0.5) is 0 Å². The molecule has 0 N–H and O–H groups in total. The van der Waals surface area contributed by atoms with Crippen molar-refractivity contribution in [1.82, 2.24) is 9.97 Å². The lowest BCUT2D eigenvalue weighted by atomic mass is 9.96. The van der Waals surface area contributed by atoms with Gasteiger partial charge in [-0.25, -0.2) is 9.97 Å². The van der Waals surface area contributed by atoms with Crippen LogP contribution in [-0.4, -0.2) is 9.97 Å². The third-order valence-electron chi connectivity index (χ3n) is 9.62. The van der Waals surface area contributed by atoms with Gasteiger partial charge in [-0.15, -0.1) is 11.3 Å². The molecule has 0 fully saturated rings. The molecule has 7 aromatic carbocycles. The Bertz CT molecular complexity index is 2870. The van der Waals surface area contributed by atoms with E-state index in [9.17, 15) is 0 Å². The highest BCUT2D eigenvalue weighted by atomic mass is 32.1. The van der Waals surface area contributed by atoms with Crippen LogP contribution in [0.25, 0.3) is 98.0 Å². The molecule has 0 bridgehead atoms. The molecule has 0 aliphatic carbocycles. The molecule has 10 rings (SSSR count). The highest BCUT2D eigenvalue weighted by Crippen LogP contribution is 2.41. The Balaban J connectivity index is 1.02. The van der Waals surface area contributed by atoms with E-state index < -0.39 is 0 Å². The number of nitrogens with zero attached hydrogens (tertiary/aromatic N) is 2. The first-order chi connectivity index (χ1) is 24.8. The van der Waals surface area contributed by atoms with Gasteiger partial charge in [-0.05, 0) is 74.8 Å². The van der Waals surface area contributed by atoms with Crippen molar-refractivity contribution in [2.45, 2.75) is 0 Å². The molecular weight excluding hydrogens is 629 g/mol. The van der Waals surface area contributed by atoms with Crippen molar-refractivity contribution in [2.75, 3.05) is 0 Å². The fraction of sp³-hybridized carbons (Fsp3) is 0. The second kappa shape index (κ2) is 11.7. The van der Waals surface area contributed by atoms with E-state index in [0.717, 1.165) is 44.4 Å². The van der Waals surface area contributed by atoms with Gasteiger partial charge >= 0.3 is 0 Å². The molecule has 0 saturated carbocycles. The van der Waals surface area contributed by atoms with E-state index in [1.807, 2.05) is 17.4 Å². The minimum absolute atomic E-state index is 0.698. The molecule has 0 saturated heterocycles. The minimum Gasteiger partial charge on any atom is -0.452 e. The average Bonchev–Trinajstić information content (AvgIpc) is 3.77. The van der Waals surface area contributed by atoms with Crippen molar-refractivity contribution in [2.24, 2.45) is 0 Å². The minimum atomic E-state index is 0.698. The Morgan fingerprint density at radius 3 is 1.88 bits per heavy atom. The summed E-state index contributed by atoms with van der Waals surface area (Å²) < 4.78 is 9.10. The number of thiophene rings is 1. The van der Waals surface area contributed by atoms with Crippen molar-refractivity contribution in [3.8, 4) is 55.8 Å². The van der Waals surface area contributed by atoms with Crippen LogP contribution in [0.2, 0.25) is 0 Å². The zero-order valence-electron chi connectivity index (χ0n) is 26.9. The van der Waals surface area contributed by atoms with Crippen LogP contribution in [0.5, 0.6) is 0 Å². The number of aromatic nitrogens is 2. The van der Waals surface area contributed by atoms with Gasteiger partial charge in [0, 0.05) is 31.1 Å². The molecule has 0 aliphatic rings. The number of rotatable bonds is 5. The largest absolute Gasteiger partial charge is 0.452 e. The molecule has 234 valence electrons. The van der Waals surface area contributed by atoms with Gasteiger partial charge < -0.3 is 4.42 Å². The Morgan fingerprint density at radius 2 is 1.02 bits per heavy atom. The molecule has 10 aromatic rings. The summed E-state index contributed by atoms with van der Waals surface area (Å²) in [5.41, 5.74) is 13.5. The molecule has 0 radical (unpaired) electrons. The summed E-state index contributed by atoms with van der Waals surface area (Å²) >= 11 is 1.84. The normalized spacial score (nSPS) is 11.6. The fourth-order valence-electron chi connectivity index (χ4n) is 7.13. The van der Waals surface area contributed by atoms with E-state index in [1.54, 1.807) is 6.33 Å². The predicted molar refractivity (Wildman–Crippen MR) is 209 cm³/mol. The molecule has 50 heavy (non-hydrogen) atoms. The van der Waals surface area contributed by atoms with Crippen molar-refractivity contribution < 1.29 is 4.42 Å². The number of furan rings is 1. The number of benzene rings is 7. The van der Waals surface area contributed by atoms with E-state index in [0.29, 0.717) is 5.58 Å². The standard InChI is InChI=1S/C46H28N2OS/c1-2-9-29(10-3-1)30-19-21-31(22-20-30)32-11-6-12-33(25-32)34-23-24-41-40(27-34)44-45(49-41)43(47-28-48-44)36-14-7-13-35(26-36)37-16-8-17-39-38-15-4-5-18-42(38)50-46(37)39/h1-28H. The van der Waals surface area contributed by atoms with Gasteiger partial charge in [-0.1, -0.05) is 133 Å². The van der Waals surface area contributed by atoms with Crippen molar-refractivity contribution in [1.29, 1.82) is 0 Å². The number of hydrogen-bond acceptors (Lipinski definition) is 4. The van der Waals surface area contributed by atoms with Gasteiger partial charge in [-0.2, -0.15) is 0 Å². The highest BCUT2D eigenvalue weighted by Gasteiger charge is 2.17. The van der Waals surface area contributed by atoms with Crippen LogP contribution in [0.15, 0.2) is 175 Å². The molecule has 3 nitrogen and oxygen atoms in total. The zero-order valence-corrected chi connectivity index (χ0v) is 27.7. The van der Waals surface area contributed by atoms with Gasteiger partial charge in [0.25, 0.3) is 0 Å². The fourth-order valence-corrected chi connectivity index (χ4v) is 8.37. The molecule has 0 amide bonds. The van der Waals surface area contributed by atoms with Crippen LogP contribution in [-0.2, 0) is 0 Å². The predicted octanol–water partition coefficient (Wildman–Crippen LogP) is 13.1.